The number of hydrogen-bond donors (Lipinski definition) is 2. The van der Waals surface area contributed by atoms with Crippen molar-refractivity contribution in [1.29, 1.82) is 0 Å². The van der Waals surface area contributed by atoms with E-state index in [1.165, 1.54) is 0 Å². The standard InChI is InChI=1S/C33H35N3O6/c1-20-29(21(2)36(35-20)18-23-19-40-33(3,4)42-23)27-14-8-13-25-26(31(34-30(25)27)41-32(37)38)15-9-17-39-28-16-7-11-22-10-5-6-12-24(22)28/h5-8,10-14,16,23,34H,9,15,17-19H2,1-4H3,(H,37,38). The molecule has 1 fully saturated rings. The molecule has 6 rings (SSSR count). The zero-order valence-electron chi connectivity index (χ0n) is 24.3. The van der Waals surface area contributed by atoms with E-state index in [1.54, 1.807) is 0 Å². The molecule has 42 heavy (non-hydrogen) atoms. The van der Waals surface area contributed by atoms with Crippen LogP contribution >= 0.6 is 0 Å². The van der Waals surface area contributed by atoms with Crippen LogP contribution in [0, 0.1) is 13.8 Å². The lowest BCUT2D eigenvalue weighted by atomic mass is 9.99. The molecule has 1 aliphatic heterocycles. The predicted molar refractivity (Wildman–Crippen MR) is 160 cm³/mol. The van der Waals surface area contributed by atoms with Crippen molar-refractivity contribution in [2.75, 3.05) is 13.2 Å². The first-order valence-electron chi connectivity index (χ1n) is 14.2. The molecule has 1 aliphatic rings. The van der Waals surface area contributed by atoms with Gasteiger partial charge in [-0.05, 0) is 52.0 Å². The van der Waals surface area contributed by atoms with Gasteiger partial charge in [-0.25, -0.2) is 4.79 Å². The number of aromatic nitrogens is 3. The van der Waals surface area contributed by atoms with Gasteiger partial charge in [0.25, 0.3) is 0 Å². The van der Waals surface area contributed by atoms with E-state index in [1.807, 2.05) is 80.9 Å². The topological polar surface area (TPSA) is 108 Å². The van der Waals surface area contributed by atoms with Gasteiger partial charge in [0.15, 0.2) is 5.79 Å². The van der Waals surface area contributed by atoms with Crippen LogP contribution in [-0.4, -0.2) is 51.1 Å². The number of carboxylic acid groups (broad SMARTS) is 1. The number of aromatic amines is 1. The second-order valence-corrected chi connectivity index (χ2v) is 11.1. The first kappa shape index (κ1) is 27.8. The third-order valence-electron chi connectivity index (χ3n) is 7.76. The monoisotopic (exact) mass is 569 g/mol. The number of benzene rings is 3. The second kappa shape index (κ2) is 11.2. The van der Waals surface area contributed by atoms with Gasteiger partial charge in [-0.2, -0.15) is 5.10 Å². The van der Waals surface area contributed by atoms with Crippen LogP contribution in [0.3, 0.4) is 0 Å². The number of nitrogens with one attached hydrogen (secondary N) is 1. The van der Waals surface area contributed by atoms with Gasteiger partial charge in [0.05, 0.1) is 31.0 Å². The zero-order valence-corrected chi connectivity index (χ0v) is 24.3. The van der Waals surface area contributed by atoms with Crippen LogP contribution in [0.25, 0.3) is 32.8 Å². The lowest BCUT2D eigenvalue weighted by Crippen LogP contribution is -2.24. The van der Waals surface area contributed by atoms with E-state index in [0.29, 0.717) is 32.6 Å². The number of hydrogen-bond acceptors (Lipinski definition) is 6. The number of H-pyrrole nitrogens is 1. The molecule has 1 saturated heterocycles. The van der Waals surface area contributed by atoms with Gasteiger partial charge in [0.2, 0.25) is 5.88 Å². The average Bonchev–Trinajstić information content (AvgIpc) is 3.57. The highest BCUT2D eigenvalue weighted by atomic mass is 16.7. The number of nitrogens with zero attached hydrogens (tertiary/aromatic N) is 2. The Morgan fingerprint density at radius 2 is 1.86 bits per heavy atom. The summed E-state index contributed by atoms with van der Waals surface area (Å²) in [5, 5.41) is 17.4. The Balaban J connectivity index is 1.27. The fourth-order valence-corrected chi connectivity index (χ4v) is 5.94. The van der Waals surface area contributed by atoms with E-state index in [9.17, 15) is 9.90 Å². The van der Waals surface area contributed by atoms with Crippen LogP contribution < -0.4 is 9.47 Å². The molecule has 0 spiro atoms. The highest BCUT2D eigenvalue weighted by Gasteiger charge is 2.33. The van der Waals surface area contributed by atoms with Crippen molar-refractivity contribution >= 4 is 27.8 Å². The number of ether oxygens (including phenoxy) is 4. The Kier molecular flexibility index (Phi) is 7.38. The Morgan fingerprint density at radius 3 is 2.64 bits per heavy atom. The summed E-state index contributed by atoms with van der Waals surface area (Å²) in [5.41, 5.74) is 5.41. The van der Waals surface area contributed by atoms with E-state index >= 15 is 0 Å². The molecule has 2 aromatic heterocycles. The summed E-state index contributed by atoms with van der Waals surface area (Å²) in [6, 6.07) is 20.1. The molecular weight excluding hydrogens is 534 g/mol. The molecule has 0 saturated carbocycles. The molecule has 0 aliphatic carbocycles. The van der Waals surface area contributed by atoms with Crippen LogP contribution in [0.4, 0.5) is 4.79 Å². The number of para-hydroxylation sites is 1. The first-order chi connectivity index (χ1) is 20.2. The minimum absolute atomic E-state index is 0.0922. The van der Waals surface area contributed by atoms with E-state index in [0.717, 1.165) is 55.5 Å². The molecule has 9 nitrogen and oxygen atoms in total. The molecule has 9 heteroatoms. The minimum Gasteiger partial charge on any atom is -0.493 e. The van der Waals surface area contributed by atoms with Gasteiger partial charge in [-0.3, -0.25) is 4.68 Å². The van der Waals surface area contributed by atoms with Crippen molar-refractivity contribution < 1.29 is 28.8 Å². The summed E-state index contributed by atoms with van der Waals surface area (Å²) in [5.74, 6) is 0.463. The molecule has 3 heterocycles. The number of fused-ring (bicyclic) bond motifs is 2. The fraction of sp³-hybridized carbons (Fsp3) is 0.333. The van der Waals surface area contributed by atoms with Gasteiger partial charge < -0.3 is 29.0 Å². The van der Waals surface area contributed by atoms with Crippen molar-refractivity contribution in [1.82, 2.24) is 14.8 Å². The molecule has 0 amide bonds. The minimum atomic E-state index is -1.36. The first-order valence-corrected chi connectivity index (χ1v) is 14.2. The summed E-state index contributed by atoms with van der Waals surface area (Å²) in [4.78, 5) is 14.9. The number of aryl methyl sites for hydroxylation is 2. The second-order valence-electron chi connectivity index (χ2n) is 11.1. The molecule has 1 unspecified atom stereocenters. The molecular formula is C33H35N3O6. The lowest BCUT2D eigenvalue weighted by molar-refractivity contribution is -0.139. The fourth-order valence-electron chi connectivity index (χ4n) is 5.94. The molecule has 1 atom stereocenters. The predicted octanol–water partition coefficient (Wildman–Crippen LogP) is 7.02. The smallest absolute Gasteiger partial charge is 0.493 e. The third-order valence-corrected chi connectivity index (χ3v) is 7.76. The Bertz CT molecular complexity index is 1760. The van der Waals surface area contributed by atoms with Gasteiger partial charge in [0, 0.05) is 33.2 Å². The van der Waals surface area contributed by atoms with E-state index in [2.05, 4.69) is 17.1 Å². The van der Waals surface area contributed by atoms with Crippen LogP contribution in [0.5, 0.6) is 11.6 Å². The SMILES string of the molecule is Cc1nn(CC2COC(C)(C)O2)c(C)c1-c1cccc2c(CCCOc3cccc4ccccc34)c(OC(=O)O)[nH]c12. The van der Waals surface area contributed by atoms with Gasteiger partial charge in [-0.15, -0.1) is 0 Å². The molecule has 2 N–H and O–H groups in total. The highest BCUT2D eigenvalue weighted by Crippen LogP contribution is 2.38. The number of carbonyl (C=O) groups is 1. The molecule has 5 aromatic rings. The Morgan fingerprint density at radius 1 is 1.10 bits per heavy atom. The summed E-state index contributed by atoms with van der Waals surface area (Å²) < 4.78 is 25.1. The van der Waals surface area contributed by atoms with Crippen molar-refractivity contribution in [2.24, 2.45) is 0 Å². The summed E-state index contributed by atoms with van der Waals surface area (Å²) in [6.45, 7) is 9.41. The molecule has 0 radical (unpaired) electrons. The maximum atomic E-state index is 11.6. The van der Waals surface area contributed by atoms with Crippen LogP contribution in [-0.2, 0) is 22.4 Å². The summed E-state index contributed by atoms with van der Waals surface area (Å²) >= 11 is 0. The van der Waals surface area contributed by atoms with Gasteiger partial charge in [0.1, 0.15) is 11.9 Å². The normalized spacial score (nSPS) is 16.3. The van der Waals surface area contributed by atoms with Crippen LogP contribution in [0.15, 0.2) is 60.7 Å². The maximum absolute atomic E-state index is 11.6. The number of rotatable bonds is 9. The average molecular weight is 570 g/mol. The van der Waals surface area contributed by atoms with Crippen molar-refractivity contribution in [3.63, 3.8) is 0 Å². The van der Waals surface area contributed by atoms with E-state index in [4.69, 9.17) is 24.0 Å². The Hall–Kier alpha value is -4.34. The highest BCUT2D eigenvalue weighted by molar-refractivity contribution is 5.99. The van der Waals surface area contributed by atoms with Crippen LogP contribution in [0.1, 0.15) is 37.2 Å². The van der Waals surface area contributed by atoms with Gasteiger partial charge >= 0.3 is 6.16 Å². The van der Waals surface area contributed by atoms with Crippen molar-refractivity contribution in [3.8, 4) is 22.8 Å². The molecule has 3 aromatic carbocycles. The van der Waals surface area contributed by atoms with E-state index in [-0.39, 0.29) is 12.0 Å². The third kappa shape index (κ3) is 5.45. The molecule has 218 valence electrons. The Labute approximate surface area is 244 Å². The lowest BCUT2D eigenvalue weighted by Gasteiger charge is -2.17. The zero-order chi connectivity index (χ0) is 29.4. The van der Waals surface area contributed by atoms with E-state index < -0.39 is 11.9 Å². The largest absolute Gasteiger partial charge is 0.512 e. The van der Waals surface area contributed by atoms with Crippen molar-refractivity contribution in [3.05, 3.63) is 77.6 Å². The molecule has 0 bridgehead atoms. The summed E-state index contributed by atoms with van der Waals surface area (Å²) in [7, 11) is 0. The maximum Gasteiger partial charge on any atom is 0.512 e. The van der Waals surface area contributed by atoms with Crippen LogP contribution in [0.2, 0.25) is 0 Å². The van der Waals surface area contributed by atoms with Crippen molar-refractivity contribution in [2.45, 2.75) is 59.0 Å². The summed E-state index contributed by atoms with van der Waals surface area (Å²) in [6.07, 6.45) is -0.210. The quantitative estimate of drug-likeness (QED) is 0.145. The van der Waals surface area contributed by atoms with Gasteiger partial charge in [-0.1, -0.05) is 54.6 Å².